The molecule has 0 aliphatic carbocycles. The lowest BCUT2D eigenvalue weighted by molar-refractivity contribution is 0.140. The van der Waals surface area contributed by atoms with Crippen molar-refractivity contribution in [3.05, 3.63) is 64.7 Å². The summed E-state index contributed by atoms with van der Waals surface area (Å²) >= 11 is 0. The Morgan fingerprint density at radius 3 is 2.44 bits per heavy atom. The Hall–Kier alpha value is -2.93. The van der Waals surface area contributed by atoms with Gasteiger partial charge >= 0.3 is 6.09 Å². The zero-order chi connectivity index (χ0) is 18.1. The van der Waals surface area contributed by atoms with Gasteiger partial charge in [-0.3, -0.25) is 0 Å². The maximum Gasteiger partial charge on any atom is 0.407 e. The molecule has 4 heteroatoms. The highest BCUT2D eigenvalue weighted by atomic mass is 16.5. The van der Waals surface area contributed by atoms with Crippen LogP contribution in [0.4, 0.5) is 4.79 Å². The molecule has 0 aliphatic rings. The van der Waals surface area contributed by atoms with Crippen LogP contribution in [0.5, 0.6) is 5.75 Å². The number of rotatable bonds is 5. The van der Waals surface area contributed by atoms with E-state index in [4.69, 9.17) is 9.47 Å². The molecule has 2 aromatic rings. The van der Waals surface area contributed by atoms with Gasteiger partial charge in [0.25, 0.3) is 0 Å². The Labute approximate surface area is 149 Å². The van der Waals surface area contributed by atoms with Crippen LogP contribution in [0.15, 0.2) is 42.5 Å². The van der Waals surface area contributed by atoms with E-state index in [1.165, 1.54) is 0 Å². The molecule has 0 fully saturated rings. The van der Waals surface area contributed by atoms with Gasteiger partial charge in [-0.05, 0) is 42.7 Å². The number of carbonyl (C=O) groups is 1. The molecule has 130 valence electrons. The van der Waals surface area contributed by atoms with Gasteiger partial charge in [-0.15, -0.1) is 0 Å². The van der Waals surface area contributed by atoms with Crippen molar-refractivity contribution in [3.8, 4) is 17.6 Å². The van der Waals surface area contributed by atoms with Crippen LogP contribution in [0.1, 0.15) is 28.7 Å². The minimum absolute atomic E-state index is 0.266. The molecule has 25 heavy (non-hydrogen) atoms. The second-order valence-electron chi connectivity index (χ2n) is 5.68. The second kappa shape index (κ2) is 9.39. The first-order valence-electron chi connectivity index (χ1n) is 8.19. The van der Waals surface area contributed by atoms with Gasteiger partial charge < -0.3 is 14.8 Å². The Morgan fingerprint density at radius 2 is 1.80 bits per heavy atom. The van der Waals surface area contributed by atoms with Gasteiger partial charge in [0, 0.05) is 18.5 Å². The molecule has 0 unspecified atom stereocenters. The lowest BCUT2D eigenvalue weighted by atomic mass is 10.0. The van der Waals surface area contributed by atoms with E-state index in [0.29, 0.717) is 13.0 Å². The van der Waals surface area contributed by atoms with Crippen LogP contribution in [0.2, 0.25) is 0 Å². The Morgan fingerprint density at radius 1 is 1.12 bits per heavy atom. The summed E-state index contributed by atoms with van der Waals surface area (Å²) in [4.78, 5) is 11.6. The average Bonchev–Trinajstić information content (AvgIpc) is 2.62. The monoisotopic (exact) mass is 337 g/mol. The van der Waals surface area contributed by atoms with E-state index in [9.17, 15) is 4.79 Å². The van der Waals surface area contributed by atoms with Gasteiger partial charge in [-0.25, -0.2) is 4.79 Å². The number of aryl methyl sites for hydroxylation is 2. The van der Waals surface area contributed by atoms with Crippen LogP contribution in [0.25, 0.3) is 0 Å². The number of benzene rings is 2. The van der Waals surface area contributed by atoms with E-state index in [1.807, 2.05) is 56.3 Å². The molecule has 0 aromatic heterocycles. The molecule has 0 radical (unpaired) electrons. The Balaban J connectivity index is 1.76. The zero-order valence-electron chi connectivity index (χ0n) is 14.9. The van der Waals surface area contributed by atoms with Crippen molar-refractivity contribution in [2.75, 3.05) is 13.7 Å². The fourth-order valence-electron chi connectivity index (χ4n) is 2.39. The van der Waals surface area contributed by atoms with Gasteiger partial charge in [0.1, 0.15) is 12.4 Å². The van der Waals surface area contributed by atoms with Crippen molar-refractivity contribution in [2.24, 2.45) is 0 Å². The first-order valence-corrected chi connectivity index (χ1v) is 8.19. The number of alkyl carbamates (subject to hydrolysis) is 1. The van der Waals surface area contributed by atoms with Crippen molar-refractivity contribution >= 4 is 6.09 Å². The number of carbonyl (C=O) groups excluding carboxylic acids is 1. The molecule has 0 spiro atoms. The summed E-state index contributed by atoms with van der Waals surface area (Å²) in [7, 11) is 1.65. The minimum Gasteiger partial charge on any atom is -0.497 e. The van der Waals surface area contributed by atoms with Crippen molar-refractivity contribution in [1.82, 2.24) is 5.32 Å². The molecule has 1 N–H and O–H groups in total. The average molecular weight is 337 g/mol. The first kappa shape index (κ1) is 18.4. The number of nitrogens with one attached hydrogen (secondary N) is 1. The summed E-state index contributed by atoms with van der Waals surface area (Å²) in [5, 5.41) is 2.70. The minimum atomic E-state index is -0.428. The summed E-state index contributed by atoms with van der Waals surface area (Å²) in [5.74, 6) is 7.09. The maximum atomic E-state index is 11.6. The number of ether oxygens (including phenoxy) is 2. The smallest absolute Gasteiger partial charge is 0.407 e. The van der Waals surface area contributed by atoms with E-state index >= 15 is 0 Å². The summed E-state index contributed by atoms with van der Waals surface area (Å²) in [6.45, 7) is 4.74. The highest BCUT2D eigenvalue weighted by Gasteiger charge is 2.03. The predicted octanol–water partition coefficient (Wildman–Crippen LogP) is 3.98. The molecule has 2 aromatic carbocycles. The van der Waals surface area contributed by atoms with Gasteiger partial charge in [0.05, 0.1) is 7.11 Å². The third-order valence-corrected chi connectivity index (χ3v) is 3.69. The zero-order valence-corrected chi connectivity index (χ0v) is 14.9. The third kappa shape index (κ3) is 5.89. The van der Waals surface area contributed by atoms with E-state index in [0.717, 1.165) is 28.0 Å². The van der Waals surface area contributed by atoms with E-state index in [1.54, 1.807) is 7.11 Å². The number of amides is 1. The molecule has 1 amide bonds. The third-order valence-electron chi connectivity index (χ3n) is 3.69. The van der Waals surface area contributed by atoms with Gasteiger partial charge in [-0.2, -0.15) is 0 Å². The maximum absolute atomic E-state index is 11.6. The van der Waals surface area contributed by atoms with E-state index in [-0.39, 0.29) is 6.61 Å². The van der Waals surface area contributed by atoms with Crippen molar-refractivity contribution in [2.45, 2.75) is 26.9 Å². The molecule has 0 bridgehead atoms. The Bertz CT molecular complexity index is 750. The van der Waals surface area contributed by atoms with Gasteiger partial charge in [0.2, 0.25) is 0 Å². The number of hydrogen-bond donors (Lipinski definition) is 1. The molecule has 0 atom stereocenters. The molecule has 0 saturated heterocycles. The lowest BCUT2D eigenvalue weighted by Gasteiger charge is -2.07. The summed E-state index contributed by atoms with van der Waals surface area (Å²) in [5.41, 5.74) is 4.13. The van der Waals surface area contributed by atoms with Crippen LogP contribution in [-0.2, 0) is 11.3 Å². The summed E-state index contributed by atoms with van der Waals surface area (Å²) in [6, 6.07) is 13.5. The molecular weight excluding hydrogens is 314 g/mol. The Kier molecular flexibility index (Phi) is 6.91. The first-order chi connectivity index (χ1) is 12.1. The van der Waals surface area contributed by atoms with Gasteiger partial charge in [-0.1, -0.05) is 42.2 Å². The van der Waals surface area contributed by atoms with Crippen LogP contribution in [0, 0.1) is 25.7 Å². The molecule has 4 nitrogen and oxygen atoms in total. The number of methoxy groups -OCH3 is 1. The van der Waals surface area contributed by atoms with E-state index in [2.05, 4.69) is 17.2 Å². The van der Waals surface area contributed by atoms with E-state index < -0.39 is 6.09 Å². The fraction of sp³-hybridized carbons (Fsp3) is 0.286. The normalized spacial score (nSPS) is 9.72. The number of hydrogen-bond acceptors (Lipinski definition) is 3. The van der Waals surface area contributed by atoms with Crippen molar-refractivity contribution < 1.29 is 14.3 Å². The lowest BCUT2D eigenvalue weighted by Crippen LogP contribution is -2.24. The molecule has 2 rings (SSSR count). The SMILES string of the molecule is COc1cc(C)c(C#CCCNC(=O)OCc2ccccc2)c(C)c1. The van der Waals surface area contributed by atoms with Crippen molar-refractivity contribution in [3.63, 3.8) is 0 Å². The fourth-order valence-corrected chi connectivity index (χ4v) is 2.39. The summed E-state index contributed by atoms with van der Waals surface area (Å²) in [6.07, 6.45) is 0.133. The largest absolute Gasteiger partial charge is 0.497 e. The molecule has 0 saturated carbocycles. The van der Waals surface area contributed by atoms with Crippen LogP contribution in [-0.4, -0.2) is 19.7 Å². The molecule has 0 aliphatic heterocycles. The van der Waals surface area contributed by atoms with Crippen LogP contribution < -0.4 is 10.1 Å². The second-order valence-corrected chi connectivity index (χ2v) is 5.68. The summed E-state index contributed by atoms with van der Waals surface area (Å²) < 4.78 is 10.4. The van der Waals surface area contributed by atoms with Crippen LogP contribution >= 0.6 is 0 Å². The topological polar surface area (TPSA) is 47.6 Å². The molecule has 0 heterocycles. The molecular formula is C21H23NO3. The van der Waals surface area contributed by atoms with Crippen molar-refractivity contribution in [1.29, 1.82) is 0 Å². The highest BCUT2D eigenvalue weighted by Crippen LogP contribution is 2.20. The standard InChI is InChI=1S/C21H23NO3/c1-16-13-19(24-3)14-17(2)20(16)11-7-8-12-22-21(23)25-15-18-9-5-4-6-10-18/h4-6,9-10,13-14H,8,12,15H2,1-3H3,(H,22,23). The van der Waals surface area contributed by atoms with Crippen LogP contribution in [0.3, 0.4) is 0 Å². The highest BCUT2D eigenvalue weighted by molar-refractivity contribution is 5.67. The van der Waals surface area contributed by atoms with Gasteiger partial charge in [0.15, 0.2) is 0 Å². The quantitative estimate of drug-likeness (QED) is 0.663. The predicted molar refractivity (Wildman–Crippen MR) is 98.6 cm³/mol.